The van der Waals surface area contributed by atoms with Crippen LogP contribution < -0.4 is 15.5 Å². The Hall–Kier alpha value is -3.73. The Morgan fingerprint density at radius 1 is 1.00 bits per heavy atom. The summed E-state index contributed by atoms with van der Waals surface area (Å²) in [6, 6.07) is 14.8. The molecular weight excluding hydrogens is 528 g/mol. The van der Waals surface area contributed by atoms with Crippen LogP contribution in [0.3, 0.4) is 0 Å². The molecule has 5 rings (SSSR count). The van der Waals surface area contributed by atoms with Gasteiger partial charge in [-0.3, -0.25) is 19.8 Å². The maximum absolute atomic E-state index is 13.4. The number of morpholine rings is 1. The molecule has 3 amide bonds. The Bertz CT molecular complexity index is 1390. The summed E-state index contributed by atoms with van der Waals surface area (Å²) >= 11 is 1.58. The molecule has 0 bridgehead atoms. The molecule has 0 radical (unpaired) electrons. The zero-order valence-corrected chi connectivity index (χ0v) is 23.8. The summed E-state index contributed by atoms with van der Waals surface area (Å²) in [5.41, 5.74) is 3.24. The van der Waals surface area contributed by atoms with Crippen molar-refractivity contribution in [2.45, 2.75) is 32.8 Å². The van der Waals surface area contributed by atoms with E-state index < -0.39 is 11.7 Å². The highest BCUT2D eigenvalue weighted by atomic mass is 32.1. The minimum Gasteiger partial charge on any atom is -0.444 e. The fourth-order valence-corrected chi connectivity index (χ4v) is 5.52. The van der Waals surface area contributed by atoms with Crippen molar-refractivity contribution in [1.82, 2.24) is 4.90 Å². The second-order valence-corrected chi connectivity index (χ2v) is 11.8. The summed E-state index contributed by atoms with van der Waals surface area (Å²) in [5.74, 6) is -0.300. The number of hydrogen-bond donors (Lipinski definition) is 2. The highest BCUT2D eigenvalue weighted by Gasteiger charge is 2.28. The Morgan fingerprint density at radius 3 is 2.52 bits per heavy atom. The Morgan fingerprint density at radius 2 is 1.80 bits per heavy atom. The number of ether oxygens (including phenoxy) is 2. The largest absolute Gasteiger partial charge is 0.444 e. The summed E-state index contributed by atoms with van der Waals surface area (Å²) in [4.78, 5) is 43.8. The van der Waals surface area contributed by atoms with Gasteiger partial charge in [-0.25, -0.2) is 4.79 Å². The zero-order valence-electron chi connectivity index (χ0n) is 23.0. The molecule has 2 aromatic carbocycles. The van der Waals surface area contributed by atoms with Crippen LogP contribution >= 0.6 is 11.3 Å². The van der Waals surface area contributed by atoms with Crippen LogP contribution in [0.25, 0.3) is 10.4 Å². The number of nitrogens with zero attached hydrogens (tertiary/aromatic N) is 2. The Labute approximate surface area is 238 Å². The first-order chi connectivity index (χ1) is 19.2. The number of anilines is 3. The second kappa shape index (κ2) is 11.8. The van der Waals surface area contributed by atoms with Crippen LogP contribution in [0.1, 0.15) is 36.7 Å². The van der Waals surface area contributed by atoms with Gasteiger partial charge < -0.3 is 19.7 Å². The van der Waals surface area contributed by atoms with Crippen molar-refractivity contribution in [3.8, 4) is 10.4 Å². The van der Waals surface area contributed by atoms with Gasteiger partial charge in [-0.05, 0) is 73.7 Å². The summed E-state index contributed by atoms with van der Waals surface area (Å²) in [6.07, 6.45) is -0.348. The van der Waals surface area contributed by atoms with Gasteiger partial charge in [0.1, 0.15) is 5.60 Å². The number of carbonyl (C=O) groups excluding carboxylic acids is 3. The molecule has 3 heterocycles. The van der Waals surface area contributed by atoms with Gasteiger partial charge in [0.2, 0.25) is 5.91 Å². The third kappa shape index (κ3) is 6.70. The van der Waals surface area contributed by atoms with Crippen LogP contribution in [-0.4, -0.2) is 67.8 Å². The molecule has 40 heavy (non-hydrogen) atoms. The fourth-order valence-electron chi connectivity index (χ4n) is 4.80. The van der Waals surface area contributed by atoms with Crippen LogP contribution in [0.2, 0.25) is 0 Å². The molecule has 0 saturated carbocycles. The van der Waals surface area contributed by atoms with Crippen molar-refractivity contribution >= 4 is 46.3 Å². The highest BCUT2D eigenvalue weighted by Crippen LogP contribution is 2.33. The van der Waals surface area contributed by atoms with E-state index in [1.165, 1.54) is 0 Å². The predicted molar refractivity (Wildman–Crippen MR) is 157 cm³/mol. The van der Waals surface area contributed by atoms with Crippen LogP contribution in [0, 0.1) is 0 Å². The number of thiophene rings is 1. The van der Waals surface area contributed by atoms with E-state index in [4.69, 9.17) is 9.47 Å². The molecule has 0 unspecified atom stereocenters. The van der Waals surface area contributed by atoms with Gasteiger partial charge in [0.25, 0.3) is 5.91 Å². The first-order valence-corrected chi connectivity index (χ1v) is 14.3. The summed E-state index contributed by atoms with van der Waals surface area (Å²) < 4.78 is 10.8. The Balaban J connectivity index is 1.33. The lowest BCUT2D eigenvalue weighted by atomic mass is 10.1. The van der Waals surface area contributed by atoms with E-state index in [-0.39, 0.29) is 18.2 Å². The zero-order chi connectivity index (χ0) is 28.3. The molecule has 9 nitrogen and oxygen atoms in total. The molecule has 3 aromatic rings. The van der Waals surface area contributed by atoms with E-state index in [2.05, 4.69) is 15.5 Å². The minimum absolute atomic E-state index is 0.0355. The van der Waals surface area contributed by atoms with Crippen molar-refractivity contribution in [3.63, 3.8) is 0 Å². The fraction of sp³-hybridized carbons (Fsp3) is 0.367. The number of fused-ring (bicyclic) bond motifs is 1. The lowest BCUT2D eigenvalue weighted by Gasteiger charge is -2.28. The van der Waals surface area contributed by atoms with Crippen LogP contribution in [0.15, 0.2) is 53.9 Å². The van der Waals surface area contributed by atoms with Gasteiger partial charge in [0, 0.05) is 42.3 Å². The minimum atomic E-state index is -0.664. The van der Waals surface area contributed by atoms with E-state index in [1.807, 2.05) is 35.7 Å². The molecule has 1 aromatic heterocycles. The van der Waals surface area contributed by atoms with Gasteiger partial charge in [0.15, 0.2) is 0 Å². The van der Waals surface area contributed by atoms with E-state index in [0.717, 1.165) is 41.3 Å². The molecule has 2 aliphatic heterocycles. The van der Waals surface area contributed by atoms with Gasteiger partial charge >= 0.3 is 6.09 Å². The quantitative estimate of drug-likeness (QED) is 0.409. The highest BCUT2D eigenvalue weighted by molar-refractivity contribution is 7.13. The standard InChI is InChI=1S/C30H34N4O5S/c1-30(2,3)39-29(37)32-23-8-6-20(26-5-4-16-40-26)18-24(23)31-28(36)21-7-9-25-22(17-21)19-27(35)34(25)11-10-33-12-14-38-15-13-33/h4-9,16-18H,10-15,19H2,1-3H3,(H,31,36)(H,32,37). The summed E-state index contributed by atoms with van der Waals surface area (Å²) in [5, 5.41) is 7.70. The smallest absolute Gasteiger partial charge is 0.412 e. The number of rotatable bonds is 7. The van der Waals surface area contributed by atoms with Crippen LogP contribution in [0.5, 0.6) is 0 Å². The molecule has 10 heteroatoms. The van der Waals surface area contributed by atoms with Crippen molar-refractivity contribution in [3.05, 3.63) is 65.0 Å². The summed E-state index contributed by atoms with van der Waals surface area (Å²) in [7, 11) is 0. The molecule has 0 atom stereocenters. The summed E-state index contributed by atoms with van der Waals surface area (Å²) in [6.45, 7) is 9.92. The maximum atomic E-state index is 13.4. The molecule has 1 saturated heterocycles. The van der Waals surface area contributed by atoms with E-state index >= 15 is 0 Å². The number of benzene rings is 2. The molecule has 210 valence electrons. The van der Waals surface area contributed by atoms with Gasteiger partial charge in [-0.2, -0.15) is 0 Å². The number of hydrogen-bond acceptors (Lipinski definition) is 7. The molecule has 2 aliphatic rings. The van der Waals surface area contributed by atoms with Crippen LogP contribution in [0.4, 0.5) is 21.9 Å². The molecule has 0 aliphatic carbocycles. The molecule has 2 N–H and O–H groups in total. The average molecular weight is 563 g/mol. The van der Waals surface area contributed by atoms with Crippen LogP contribution in [-0.2, 0) is 20.7 Å². The number of carbonyl (C=O) groups is 3. The van der Waals surface area contributed by atoms with Gasteiger partial charge in [0.05, 0.1) is 31.0 Å². The van der Waals surface area contributed by atoms with Crippen molar-refractivity contribution < 1.29 is 23.9 Å². The van der Waals surface area contributed by atoms with Crippen molar-refractivity contribution in [2.24, 2.45) is 0 Å². The number of amides is 3. The lowest BCUT2D eigenvalue weighted by molar-refractivity contribution is -0.117. The second-order valence-electron chi connectivity index (χ2n) is 10.8. The molecule has 0 spiro atoms. The van der Waals surface area contributed by atoms with E-state index in [1.54, 1.807) is 55.2 Å². The van der Waals surface area contributed by atoms with Crippen molar-refractivity contribution in [2.75, 3.05) is 54.9 Å². The normalized spacial score (nSPS) is 15.6. The van der Waals surface area contributed by atoms with Gasteiger partial charge in [-0.15, -0.1) is 11.3 Å². The SMILES string of the molecule is CC(C)(C)OC(=O)Nc1ccc(-c2cccs2)cc1NC(=O)c1ccc2c(c1)CC(=O)N2CCN1CCOCC1. The molecule has 1 fully saturated rings. The van der Waals surface area contributed by atoms with Crippen molar-refractivity contribution in [1.29, 1.82) is 0 Å². The topological polar surface area (TPSA) is 100 Å². The third-order valence-electron chi connectivity index (χ3n) is 6.73. The predicted octanol–water partition coefficient (Wildman–Crippen LogP) is 5.24. The average Bonchev–Trinajstić information content (AvgIpc) is 3.55. The van der Waals surface area contributed by atoms with Gasteiger partial charge in [-0.1, -0.05) is 12.1 Å². The number of nitrogens with one attached hydrogen (secondary N) is 2. The maximum Gasteiger partial charge on any atom is 0.412 e. The molecular formula is C30H34N4O5S. The van der Waals surface area contributed by atoms with E-state index in [9.17, 15) is 14.4 Å². The monoisotopic (exact) mass is 562 g/mol. The lowest BCUT2D eigenvalue weighted by Crippen LogP contribution is -2.42. The third-order valence-corrected chi connectivity index (χ3v) is 7.65. The first kappa shape index (κ1) is 27.8. The Kier molecular flexibility index (Phi) is 8.20. The van der Waals surface area contributed by atoms with E-state index in [0.29, 0.717) is 36.7 Å². The first-order valence-electron chi connectivity index (χ1n) is 13.4.